The van der Waals surface area contributed by atoms with Crippen LogP contribution in [-0.4, -0.2) is 88.4 Å². The molecule has 0 radical (unpaired) electrons. The van der Waals surface area contributed by atoms with E-state index in [0.717, 1.165) is 0 Å². The van der Waals surface area contributed by atoms with Gasteiger partial charge in [0.1, 0.15) is 59.4 Å². The van der Waals surface area contributed by atoms with Crippen molar-refractivity contribution in [1.82, 2.24) is 39.0 Å². The number of hydrogen-bond acceptors (Lipinski definition) is 17. The number of nitrogen functional groups attached to an aromatic ring is 2. The minimum atomic E-state index is -4.21. The summed E-state index contributed by atoms with van der Waals surface area (Å²) in [5.74, 6) is -0.351. The van der Waals surface area contributed by atoms with Crippen molar-refractivity contribution >= 4 is 72.1 Å². The van der Waals surface area contributed by atoms with Crippen LogP contribution >= 0.6 is 38.1 Å². The van der Waals surface area contributed by atoms with Gasteiger partial charge in [0.2, 0.25) is 0 Å². The van der Waals surface area contributed by atoms with Gasteiger partial charge in [-0.05, 0) is 6.42 Å². The summed E-state index contributed by atoms with van der Waals surface area (Å²) >= 11 is 8.70. The Labute approximate surface area is 282 Å². The number of fused-ring (bicyclic) bond motifs is 3. The first kappa shape index (κ1) is 32.5. The summed E-state index contributed by atoms with van der Waals surface area (Å²) in [5, 5.41) is 0. The van der Waals surface area contributed by atoms with Gasteiger partial charge in [-0.3, -0.25) is 27.2 Å². The van der Waals surface area contributed by atoms with Crippen LogP contribution in [0.5, 0.6) is 0 Å². The maximum atomic E-state index is 14.1. The van der Waals surface area contributed by atoms with E-state index < -0.39 is 68.1 Å². The zero-order valence-corrected chi connectivity index (χ0v) is 28.7. The highest BCUT2D eigenvalue weighted by molar-refractivity contribution is 8.44. The Morgan fingerprint density at radius 3 is 2.06 bits per heavy atom. The number of aromatic nitrogens is 8. The smallest absolute Gasteiger partial charge is 0.382 e. The minimum Gasteiger partial charge on any atom is -0.382 e. The largest absolute Gasteiger partial charge is 0.386 e. The first-order valence-corrected chi connectivity index (χ1v) is 20.1. The molecule has 48 heavy (non-hydrogen) atoms. The molecule has 0 spiro atoms. The van der Waals surface area contributed by atoms with E-state index in [2.05, 4.69) is 61.0 Å². The number of ether oxygens (including phenoxy) is 3. The number of nitrogens with zero attached hydrogens (tertiary/aromatic N) is 8. The molecule has 4 saturated heterocycles. The molecule has 4 N–H and O–H groups in total. The number of imidazole rings is 2. The van der Waals surface area contributed by atoms with E-state index in [1.165, 1.54) is 25.3 Å². The third-order valence-electron chi connectivity index (χ3n) is 9.16. The summed E-state index contributed by atoms with van der Waals surface area (Å²) in [4.78, 5) is 25.2. The summed E-state index contributed by atoms with van der Waals surface area (Å²) < 4.78 is 74.7. The molecule has 4 aromatic rings. The van der Waals surface area contributed by atoms with Crippen LogP contribution in [0.25, 0.3) is 22.3 Å². The summed E-state index contributed by atoms with van der Waals surface area (Å²) in [6, 6.07) is 0. The number of anilines is 2. The Balaban J connectivity index is 1.15. The van der Waals surface area contributed by atoms with E-state index in [1.807, 2.05) is 0 Å². The Kier molecular flexibility index (Phi) is 7.74. The predicted molar refractivity (Wildman–Crippen MR) is 174 cm³/mol. The molecular formula is C25H30N10O9P2S2. The monoisotopic (exact) mass is 740 g/mol. The lowest BCUT2D eigenvalue weighted by molar-refractivity contribution is -0.183. The van der Waals surface area contributed by atoms with Crippen LogP contribution in [-0.2, 0) is 41.4 Å². The molecule has 256 valence electrons. The van der Waals surface area contributed by atoms with Crippen molar-refractivity contribution in [2.45, 2.75) is 55.3 Å². The van der Waals surface area contributed by atoms with Crippen molar-refractivity contribution in [1.29, 1.82) is 0 Å². The Morgan fingerprint density at radius 1 is 0.875 bits per heavy atom. The van der Waals surface area contributed by atoms with Crippen LogP contribution in [0.1, 0.15) is 25.8 Å². The van der Waals surface area contributed by atoms with Gasteiger partial charge in [0.15, 0.2) is 29.2 Å². The molecule has 19 nitrogen and oxygen atoms in total. The number of nitrogens with two attached hydrogens (primary N) is 2. The lowest BCUT2D eigenvalue weighted by atomic mass is 9.88. The lowest BCUT2D eigenvalue weighted by Crippen LogP contribution is -2.48. The van der Waals surface area contributed by atoms with Crippen LogP contribution in [0.4, 0.5) is 11.6 Å². The average Bonchev–Trinajstić information content (AvgIpc) is 3.86. The van der Waals surface area contributed by atoms with Gasteiger partial charge in [-0.2, -0.15) is 0 Å². The number of hydrogen-bond donors (Lipinski definition) is 4. The third kappa shape index (κ3) is 5.02. The van der Waals surface area contributed by atoms with Gasteiger partial charge < -0.3 is 25.7 Å². The van der Waals surface area contributed by atoms with E-state index in [1.54, 1.807) is 22.1 Å². The molecule has 0 aliphatic carbocycles. The van der Waals surface area contributed by atoms with Gasteiger partial charge in [-0.15, -0.1) is 6.58 Å². The van der Waals surface area contributed by atoms with E-state index in [9.17, 15) is 9.13 Å². The van der Waals surface area contributed by atoms with Gasteiger partial charge in [-0.1, -0.05) is 37.5 Å². The Bertz CT molecular complexity index is 2040. The van der Waals surface area contributed by atoms with Crippen LogP contribution < -0.4 is 11.5 Å². The molecule has 0 saturated carbocycles. The Hall–Kier alpha value is -2.68. The maximum absolute atomic E-state index is 14.1. The second-order valence-electron chi connectivity index (χ2n) is 11.8. The molecule has 0 amide bonds. The molecule has 10 atom stereocenters. The lowest BCUT2D eigenvalue weighted by Gasteiger charge is -2.37. The van der Waals surface area contributed by atoms with Gasteiger partial charge in [0.25, 0.3) is 0 Å². The zero-order chi connectivity index (χ0) is 33.6. The first-order valence-electron chi connectivity index (χ1n) is 14.7. The second-order valence-corrected chi connectivity index (χ2v) is 17.5. The van der Waals surface area contributed by atoms with Gasteiger partial charge in [-0.25, -0.2) is 39.0 Å². The quantitative estimate of drug-likeness (QED) is 0.134. The molecule has 4 aliphatic rings. The molecule has 0 unspecified atom stereocenters. The van der Waals surface area contributed by atoms with Crippen molar-refractivity contribution in [3.05, 3.63) is 38.0 Å². The van der Waals surface area contributed by atoms with Crippen LogP contribution in [0, 0.1) is 5.92 Å². The molecule has 4 aromatic heterocycles. The normalized spacial score (nSPS) is 40.0. The summed E-state index contributed by atoms with van der Waals surface area (Å²) in [6.07, 6.45) is 2.60. The van der Waals surface area contributed by atoms with Gasteiger partial charge >= 0.3 is 13.6 Å². The fourth-order valence-corrected chi connectivity index (χ4v) is 9.81. The summed E-state index contributed by atoms with van der Waals surface area (Å²) in [7, 11) is 0. The Morgan fingerprint density at radius 2 is 1.46 bits per heavy atom. The topological polar surface area (TPSA) is 238 Å². The van der Waals surface area contributed by atoms with Crippen LogP contribution in [0.3, 0.4) is 0 Å². The van der Waals surface area contributed by atoms with Crippen molar-refractivity contribution in [3.63, 3.8) is 0 Å². The molecular weight excluding hydrogens is 710 g/mol. The summed E-state index contributed by atoms with van der Waals surface area (Å²) in [6.45, 7) is -3.46. The van der Waals surface area contributed by atoms with Crippen LogP contribution in [0.2, 0.25) is 0 Å². The van der Waals surface area contributed by atoms with Crippen molar-refractivity contribution in [3.8, 4) is 0 Å². The van der Waals surface area contributed by atoms with E-state index in [-0.39, 0.29) is 31.3 Å². The second kappa shape index (κ2) is 11.4. The first-order chi connectivity index (χ1) is 22.9. The molecule has 8 heterocycles. The zero-order valence-electron chi connectivity index (χ0n) is 25.1. The van der Waals surface area contributed by atoms with E-state index in [0.29, 0.717) is 22.3 Å². The summed E-state index contributed by atoms with van der Waals surface area (Å²) in [5.41, 5.74) is 10.6. The standard InChI is InChI=1S/C25H30N10O9P2S2/c1-3-12-16-24(4-2,41-22(12)34-10-32-13-18(26)28-8-30-20(13)34)6-39-46(37,48)44-17-15-23(35-11-33-14-19(27)29-9-31-21(14)35)42-25(17,5-38-15)7-40-45(36,47)43-16/h3,8-12,15-17,22-23H,1,4-7H2,2H3,(H,36,47)(H,37,48)(H2,26,28,30)(H2,27,29,31)/t12-,15-,16+,17+,22-,23-,24-,25-,45-,46-/m1/s1. The fraction of sp³-hybridized carbons (Fsp3) is 0.520. The fourth-order valence-electron chi connectivity index (χ4n) is 6.76. The highest BCUT2D eigenvalue weighted by Crippen LogP contribution is 2.65. The van der Waals surface area contributed by atoms with Crippen molar-refractivity contribution < 1.29 is 41.4 Å². The van der Waals surface area contributed by atoms with E-state index in [4.69, 9.17) is 43.8 Å². The average molecular weight is 741 g/mol. The van der Waals surface area contributed by atoms with Crippen molar-refractivity contribution in [2.75, 3.05) is 31.3 Å². The number of thiol groups is 2. The SMILES string of the molecule is C=C[C@H]1[C@H](n2cnc3c(N)ncnc32)O[C@]2(CC)CO[P@@](=O)(S)O[C@H]3[C@H]4OC[C@]3(CO[P@@](=O)(S)O[C@@H]12)O[C@H]4n1cnc2c(N)ncnc21. The van der Waals surface area contributed by atoms with Crippen LogP contribution in [0.15, 0.2) is 38.0 Å². The highest BCUT2D eigenvalue weighted by Gasteiger charge is 2.66. The molecule has 0 aromatic carbocycles. The maximum Gasteiger partial charge on any atom is 0.386 e. The van der Waals surface area contributed by atoms with Gasteiger partial charge in [0, 0.05) is 0 Å². The third-order valence-corrected chi connectivity index (χ3v) is 12.3. The van der Waals surface area contributed by atoms with E-state index >= 15 is 0 Å². The molecule has 2 bridgehead atoms. The molecule has 4 aliphatic heterocycles. The number of rotatable bonds is 4. The van der Waals surface area contributed by atoms with Crippen molar-refractivity contribution in [2.24, 2.45) is 5.92 Å². The molecule has 23 heteroatoms. The minimum absolute atomic E-state index is 0.0778. The predicted octanol–water partition coefficient (Wildman–Crippen LogP) is 2.87. The molecule has 8 rings (SSSR count). The molecule has 4 fully saturated rings. The van der Waals surface area contributed by atoms with Gasteiger partial charge in [0.05, 0.1) is 38.4 Å². The highest BCUT2D eigenvalue weighted by atomic mass is 32.7.